The average Bonchev–Trinajstić information content (AvgIpc) is 2.99. The minimum absolute atomic E-state index is 0.110. The predicted molar refractivity (Wildman–Crippen MR) is 123 cm³/mol. The van der Waals surface area contributed by atoms with E-state index in [2.05, 4.69) is 27.6 Å². The fraction of sp³-hybridized carbons (Fsp3) is 0.238. The van der Waals surface area contributed by atoms with Gasteiger partial charge in [0.05, 0.1) is 27.9 Å². The summed E-state index contributed by atoms with van der Waals surface area (Å²) in [6.07, 6.45) is 1.82. The van der Waals surface area contributed by atoms with E-state index in [1.807, 2.05) is 32.1 Å². The number of amidine groups is 1. The normalized spacial score (nSPS) is 16.7. The van der Waals surface area contributed by atoms with Crippen LogP contribution >= 0.6 is 34.4 Å². The van der Waals surface area contributed by atoms with Crippen LogP contribution in [0.2, 0.25) is 0 Å². The lowest BCUT2D eigenvalue weighted by atomic mass is 10.2. The highest BCUT2D eigenvalue weighted by molar-refractivity contribution is 14.1. The van der Waals surface area contributed by atoms with Crippen LogP contribution in [0.3, 0.4) is 0 Å². The first kappa shape index (κ1) is 21.6. The number of carbonyl (C=O) groups excluding carboxylic acids is 1. The van der Waals surface area contributed by atoms with Crippen LogP contribution < -0.4 is 9.47 Å². The molecule has 0 aromatic heterocycles. The molecule has 0 aliphatic carbocycles. The number of benzene rings is 2. The number of amides is 1. The molecule has 1 amide bonds. The lowest BCUT2D eigenvalue weighted by Gasteiger charge is -2.12. The first-order valence-electron chi connectivity index (χ1n) is 9.02. The Balaban J connectivity index is 1.95. The van der Waals surface area contributed by atoms with Gasteiger partial charge in [-0.05, 0) is 96.2 Å². The van der Waals surface area contributed by atoms with Crippen molar-refractivity contribution in [3.05, 3.63) is 56.3 Å². The molecule has 0 atom stereocenters. The van der Waals surface area contributed by atoms with E-state index in [0.717, 1.165) is 9.13 Å². The van der Waals surface area contributed by atoms with Crippen LogP contribution in [0, 0.1) is 9.39 Å². The minimum Gasteiger partial charge on any atom is -0.493 e. The Morgan fingerprint density at radius 2 is 1.97 bits per heavy atom. The Hall–Kier alpha value is -2.07. The molecule has 152 valence electrons. The molecule has 1 aliphatic heterocycles. The summed E-state index contributed by atoms with van der Waals surface area (Å²) < 4.78 is 25.1. The van der Waals surface area contributed by atoms with Crippen LogP contribution in [-0.2, 0) is 4.79 Å². The van der Waals surface area contributed by atoms with E-state index in [1.165, 1.54) is 23.9 Å². The molecular formula is C21H20FIN2O3S. The zero-order valence-corrected chi connectivity index (χ0v) is 19.2. The molecule has 3 rings (SSSR count). The molecule has 0 unspecified atom stereocenters. The molecule has 5 nitrogen and oxygen atoms in total. The van der Waals surface area contributed by atoms with Crippen LogP contribution in [0.15, 0.2) is 46.3 Å². The molecule has 1 saturated heterocycles. The summed E-state index contributed by atoms with van der Waals surface area (Å²) >= 11 is 3.49. The molecule has 0 spiro atoms. The largest absolute Gasteiger partial charge is 0.493 e. The van der Waals surface area contributed by atoms with Crippen molar-refractivity contribution in [3.63, 3.8) is 0 Å². The van der Waals surface area contributed by atoms with Gasteiger partial charge in [0.1, 0.15) is 5.82 Å². The summed E-state index contributed by atoms with van der Waals surface area (Å²) in [6, 6.07) is 9.66. The molecule has 0 radical (unpaired) electrons. The molecule has 0 N–H and O–H groups in total. The number of ether oxygens (including phenoxy) is 2. The third kappa shape index (κ3) is 4.92. The summed E-state index contributed by atoms with van der Waals surface area (Å²) in [7, 11) is 1.59. The second kappa shape index (κ2) is 9.62. The van der Waals surface area contributed by atoms with Gasteiger partial charge in [0.2, 0.25) is 0 Å². The number of carbonyl (C=O) groups is 1. The van der Waals surface area contributed by atoms with Crippen molar-refractivity contribution in [2.24, 2.45) is 4.99 Å². The number of thioether (sulfide) groups is 1. The summed E-state index contributed by atoms with van der Waals surface area (Å²) in [5.41, 5.74) is 1.43. The standard InChI is InChI=1S/C21H20FIN2O3S/c1-4-25-20(26)18(29-21(25)24-15-8-6-14(22)7-9-15)12-13-10-16(23)19(28-5-2)17(11-13)27-3/h6-12H,4-5H2,1-3H3/b18-12-,24-21?. The third-order valence-corrected chi connectivity index (χ3v) is 5.90. The molecule has 1 fully saturated rings. The Morgan fingerprint density at radius 3 is 2.59 bits per heavy atom. The average molecular weight is 526 g/mol. The number of likely N-dealkylation sites (N-methyl/N-ethyl adjacent to an activating group) is 1. The monoisotopic (exact) mass is 526 g/mol. The third-order valence-electron chi connectivity index (χ3n) is 4.09. The van der Waals surface area contributed by atoms with Crippen LogP contribution in [-0.4, -0.2) is 36.2 Å². The Morgan fingerprint density at radius 1 is 1.24 bits per heavy atom. The van der Waals surface area contributed by atoms with E-state index in [0.29, 0.717) is 40.4 Å². The fourth-order valence-electron chi connectivity index (χ4n) is 2.76. The SMILES string of the molecule is CCOc1c(I)cc(/C=C2\SC(=Nc3ccc(F)cc3)N(CC)C2=O)cc1OC. The highest BCUT2D eigenvalue weighted by Gasteiger charge is 2.32. The lowest BCUT2D eigenvalue weighted by molar-refractivity contribution is -0.122. The Bertz CT molecular complexity index is 977. The Labute approximate surface area is 187 Å². The molecule has 29 heavy (non-hydrogen) atoms. The van der Waals surface area contributed by atoms with Crippen molar-refractivity contribution in [2.75, 3.05) is 20.3 Å². The van der Waals surface area contributed by atoms with Crippen molar-refractivity contribution in [1.82, 2.24) is 4.90 Å². The van der Waals surface area contributed by atoms with Crippen LogP contribution in [0.1, 0.15) is 19.4 Å². The summed E-state index contributed by atoms with van der Waals surface area (Å²) in [5.74, 6) is 0.878. The van der Waals surface area contributed by atoms with Crippen LogP contribution in [0.25, 0.3) is 6.08 Å². The van der Waals surface area contributed by atoms with Crippen molar-refractivity contribution < 1.29 is 18.7 Å². The van der Waals surface area contributed by atoms with E-state index in [1.54, 1.807) is 24.1 Å². The van der Waals surface area contributed by atoms with Gasteiger partial charge in [0.15, 0.2) is 16.7 Å². The second-order valence-corrected chi connectivity index (χ2v) is 8.17. The van der Waals surface area contributed by atoms with Gasteiger partial charge in [-0.25, -0.2) is 9.38 Å². The molecule has 8 heteroatoms. The number of halogens is 2. The molecule has 0 bridgehead atoms. The van der Waals surface area contributed by atoms with Gasteiger partial charge in [-0.15, -0.1) is 0 Å². The highest BCUT2D eigenvalue weighted by atomic mass is 127. The number of methoxy groups -OCH3 is 1. The molecule has 2 aromatic carbocycles. The zero-order valence-electron chi connectivity index (χ0n) is 16.2. The number of aliphatic imine (C=N–C) groups is 1. The van der Waals surface area contributed by atoms with Gasteiger partial charge in [0, 0.05) is 6.54 Å². The molecule has 1 aliphatic rings. The topological polar surface area (TPSA) is 51.1 Å². The first-order valence-corrected chi connectivity index (χ1v) is 10.9. The van der Waals surface area contributed by atoms with Crippen molar-refractivity contribution in [1.29, 1.82) is 0 Å². The zero-order chi connectivity index (χ0) is 21.0. The van der Waals surface area contributed by atoms with Crippen LogP contribution in [0.4, 0.5) is 10.1 Å². The first-order chi connectivity index (χ1) is 14.0. The number of nitrogens with zero attached hydrogens (tertiary/aromatic N) is 2. The number of hydrogen-bond acceptors (Lipinski definition) is 5. The number of rotatable bonds is 6. The maximum Gasteiger partial charge on any atom is 0.266 e. The van der Waals surface area contributed by atoms with E-state index in [4.69, 9.17) is 9.47 Å². The number of hydrogen-bond donors (Lipinski definition) is 0. The van der Waals surface area contributed by atoms with Crippen molar-refractivity contribution in [2.45, 2.75) is 13.8 Å². The van der Waals surface area contributed by atoms with Gasteiger partial charge < -0.3 is 9.47 Å². The summed E-state index contributed by atoms with van der Waals surface area (Å²) in [4.78, 5) is 19.5. The predicted octanol–water partition coefficient (Wildman–Crippen LogP) is 5.46. The summed E-state index contributed by atoms with van der Waals surface area (Å²) in [5, 5.41) is 0.572. The molecule has 0 saturated carbocycles. The van der Waals surface area contributed by atoms with E-state index < -0.39 is 0 Å². The maximum absolute atomic E-state index is 13.1. The second-order valence-electron chi connectivity index (χ2n) is 6.00. The van der Waals surface area contributed by atoms with Gasteiger partial charge in [-0.3, -0.25) is 9.69 Å². The van der Waals surface area contributed by atoms with Crippen LogP contribution in [0.5, 0.6) is 11.5 Å². The van der Waals surface area contributed by atoms with Gasteiger partial charge >= 0.3 is 0 Å². The van der Waals surface area contributed by atoms with Gasteiger partial charge in [-0.2, -0.15) is 0 Å². The Kier molecular flexibility index (Phi) is 7.18. The van der Waals surface area contributed by atoms with Gasteiger partial charge in [-0.1, -0.05) is 0 Å². The molecule has 2 aromatic rings. The van der Waals surface area contributed by atoms with Crippen molar-refractivity contribution >= 4 is 57.2 Å². The van der Waals surface area contributed by atoms with E-state index >= 15 is 0 Å². The lowest BCUT2D eigenvalue weighted by Crippen LogP contribution is -2.28. The van der Waals surface area contributed by atoms with E-state index in [-0.39, 0.29) is 11.7 Å². The maximum atomic E-state index is 13.1. The van der Waals surface area contributed by atoms with Crippen molar-refractivity contribution in [3.8, 4) is 11.5 Å². The van der Waals surface area contributed by atoms with E-state index in [9.17, 15) is 9.18 Å². The minimum atomic E-state index is -0.323. The molecular weight excluding hydrogens is 506 g/mol. The van der Waals surface area contributed by atoms with Gasteiger partial charge in [0.25, 0.3) is 5.91 Å². The smallest absolute Gasteiger partial charge is 0.266 e. The molecule has 1 heterocycles. The fourth-order valence-corrected chi connectivity index (χ4v) is 4.60. The quantitative estimate of drug-likeness (QED) is 0.371. The summed E-state index contributed by atoms with van der Waals surface area (Å²) in [6.45, 7) is 4.84. The highest BCUT2D eigenvalue weighted by Crippen LogP contribution is 2.37.